The molecule has 2 aromatic rings. The smallest absolute Gasteiger partial charge is 0.227 e. The lowest BCUT2D eigenvalue weighted by atomic mass is 10.1. The lowest BCUT2D eigenvalue weighted by molar-refractivity contribution is -0.126. The number of carbonyl (C=O) groups is 2. The highest BCUT2D eigenvalue weighted by Crippen LogP contribution is 2.31. The van der Waals surface area contributed by atoms with Gasteiger partial charge in [-0.1, -0.05) is 48.0 Å². The first-order chi connectivity index (χ1) is 12.0. The molecule has 1 aliphatic rings. The van der Waals surface area contributed by atoms with E-state index < -0.39 is 0 Å². The average molecular weight is 357 g/mol. The number of anilines is 1. The molecule has 0 spiro atoms. The molecule has 1 fully saturated rings. The molecule has 0 radical (unpaired) electrons. The van der Waals surface area contributed by atoms with Gasteiger partial charge in [-0.05, 0) is 37.1 Å². The number of rotatable bonds is 4. The van der Waals surface area contributed by atoms with Crippen molar-refractivity contribution >= 4 is 29.1 Å². The molecule has 0 aliphatic carbocycles. The molecule has 1 saturated heterocycles. The van der Waals surface area contributed by atoms with E-state index in [2.05, 4.69) is 5.32 Å². The van der Waals surface area contributed by atoms with E-state index in [0.29, 0.717) is 11.6 Å². The van der Waals surface area contributed by atoms with Crippen LogP contribution in [0.3, 0.4) is 0 Å². The standard InChI is InChI=1S/C20H21ClN2O2/c1-13-17(21)9-6-10-18(13)23-12-16(11-19(23)24)20(25)22-14(2)15-7-4-3-5-8-15/h3-10,14,16H,11-12H2,1-2H3,(H,22,25)/t14-,16-/m0/s1. The van der Waals surface area contributed by atoms with Crippen molar-refractivity contribution in [2.75, 3.05) is 11.4 Å². The van der Waals surface area contributed by atoms with E-state index in [4.69, 9.17) is 11.6 Å². The Kier molecular flexibility index (Phi) is 5.09. The van der Waals surface area contributed by atoms with Gasteiger partial charge in [-0.3, -0.25) is 9.59 Å². The first-order valence-electron chi connectivity index (χ1n) is 8.38. The topological polar surface area (TPSA) is 49.4 Å². The zero-order valence-corrected chi connectivity index (χ0v) is 15.1. The van der Waals surface area contributed by atoms with Gasteiger partial charge in [-0.15, -0.1) is 0 Å². The lowest BCUT2D eigenvalue weighted by Crippen LogP contribution is -2.34. The van der Waals surface area contributed by atoms with Gasteiger partial charge in [0, 0.05) is 23.7 Å². The SMILES string of the molecule is Cc1c(Cl)cccc1N1C[C@@H](C(=O)N[C@@H](C)c2ccccc2)CC1=O. The van der Waals surface area contributed by atoms with E-state index in [1.54, 1.807) is 11.0 Å². The van der Waals surface area contributed by atoms with Crippen LogP contribution in [0.15, 0.2) is 48.5 Å². The lowest BCUT2D eigenvalue weighted by Gasteiger charge is -2.20. The third-order valence-electron chi connectivity index (χ3n) is 4.68. The molecular formula is C20H21ClN2O2. The molecule has 0 saturated carbocycles. The number of hydrogen-bond acceptors (Lipinski definition) is 2. The van der Waals surface area contributed by atoms with Gasteiger partial charge in [0.1, 0.15) is 0 Å². The summed E-state index contributed by atoms with van der Waals surface area (Å²) < 4.78 is 0. The molecule has 0 aromatic heterocycles. The fraction of sp³-hybridized carbons (Fsp3) is 0.300. The molecule has 5 heteroatoms. The predicted molar refractivity (Wildman–Crippen MR) is 99.6 cm³/mol. The minimum atomic E-state index is -0.350. The molecule has 2 amide bonds. The summed E-state index contributed by atoms with van der Waals surface area (Å²) in [7, 11) is 0. The zero-order valence-electron chi connectivity index (χ0n) is 14.3. The third kappa shape index (κ3) is 3.69. The Morgan fingerprint density at radius 1 is 1.20 bits per heavy atom. The van der Waals surface area contributed by atoms with Crippen LogP contribution in [0.2, 0.25) is 5.02 Å². The van der Waals surface area contributed by atoms with Crippen LogP contribution < -0.4 is 10.2 Å². The van der Waals surface area contributed by atoms with Gasteiger partial charge in [0.25, 0.3) is 0 Å². The van der Waals surface area contributed by atoms with Gasteiger partial charge in [-0.2, -0.15) is 0 Å². The van der Waals surface area contributed by atoms with Crippen LogP contribution in [0.4, 0.5) is 5.69 Å². The van der Waals surface area contributed by atoms with E-state index in [1.165, 1.54) is 0 Å². The normalized spacial score (nSPS) is 18.3. The van der Waals surface area contributed by atoms with Gasteiger partial charge in [-0.25, -0.2) is 0 Å². The Balaban J connectivity index is 1.70. The summed E-state index contributed by atoms with van der Waals surface area (Å²) in [6.07, 6.45) is 0.222. The Hall–Kier alpha value is -2.33. The number of carbonyl (C=O) groups excluding carboxylic acids is 2. The molecule has 0 unspecified atom stereocenters. The molecule has 0 bridgehead atoms. The Labute approximate surface area is 152 Å². The second-order valence-corrected chi connectivity index (χ2v) is 6.84. The van der Waals surface area contributed by atoms with Crippen LogP contribution >= 0.6 is 11.6 Å². The molecule has 1 aliphatic heterocycles. The van der Waals surface area contributed by atoms with Crippen LogP contribution in [0.25, 0.3) is 0 Å². The summed E-state index contributed by atoms with van der Waals surface area (Å²) in [4.78, 5) is 26.7. The van der Waals surface area contributed by atoms with Crippen LogP contribution in [-0.4, -0.2) is 18.4 Å². The van der Waals surface area contributed by atoms with Crippen molar-refractivity contribution in [3.8, 4) is 0 Å². The molecule has 1 N–H and O–H groups in total. The average Bonchev–Trinajstić information content (AvgIpc) is 3.00. The van der Waals surface area contributed by atoms with Crippen molar-refractivity contribution in [3.63, 3.8) is 0 Å². The Morgan fingerprint density at radius 3 is 2.64 bits per heavy atom. The molecule has 2 atom stereocenters. The van der Waals surface area contributed by atoms with E-state index in [9.17, 15) is 9.59 Å². The van der Waals surface area contributed by atoms with Crippen molar-refractivity contribution in [1.29, 1.82) is 0 Å². The summed E-state index contributed by atoms with van der Waals surface area (Å²) in [5, 5.41) is 3.63. The molecule has 130 valence electrons. The maximum Gasteiger partial charge on any atom is 0.227 e. The Morgan fingerprint density at radius 2 is 1.92 bits per heavy atom. The highest BCUT2D eigenvalue weighted by atomic mass is 35.5. The summed E-state index contributed by atoms with van der Waals surface area (Å²) >= 11 is 6.16. The van der Waals surface area contributed by atoms with Crippen LogP contribution in [-0.2, 0) is 9.59 Å². The summed E-state index contributed by atoms with van der Waals surface area (Å²) in [6.45, 7) is 4.21. The van der Waals surface area contributed by atoms with E-state index in [0.717, 1.165) is 16.8 Å². The van der Waals surface area contributed by atoms with Gasteiger partial charge in [0.2, 0.25) is 11.8 Å². The van der Waals surface area contributed by atoms with Crippen LogP contribution in [0.5, 0.6) is 0 Å². The summed E-state index contributed by atoms with van der Waals surface area (Å²) in [5.41, 5.74) is 2.68. The van der Waals surface area contributed by atoms with Crippen LogP contribution in [0, 0.1) is 12.8 Å². The molecular weight excluding hydrogens is 336 g/mol. The van der Waals surface area contributed by atoms with Crippen molar-refractivity contribution in [3.05, 3.63) is 64.7 Å². The number of amides is 2. The van der Waals surface area contributed by atoms with Gasteiger partial charge >= 0.3 is 0 Å². The minimum absolute atomic E-state index is 0.0436. The monoisotopic (exact) mass is 356 g/mol. The molecule has 1 heterocycles. The van der Waals surface area contributed by atoms with Crippen molar-refractivity contribution in [2.24, 2.45) is 5.92 Å². The minimum Gasteiger partial charge on any atom is -0.349 e. The predicted octanol–water partition coefficient (Wildman–Crippen LogP) is 3.88. The largest absolute Gasteiger partial charge is 0.349 e. The first kappa shape index (κ1) is 17.5. The number of nitrogens with zero attached hydrogens (tertiary/aromatic N) is 1. The summed E-state index contributed by atoms with van der Waals surface area (Å²) in [6, 6.07) is 15.2. The number of benzene rings is 2. The maximum atomic E-state index is 12.6. The molecule has 25 heavy (non-hydrogen) atoms. The number of nitrogens with one attached hydrogen (secondary N) is 1. The molecule has 4 nitrogen and oxygen atoms in total. The second-order valence-electron chi connectivity index (χ2n) is 6.43. The second kappa shape index (κ2) is 7.28. The molecule has 3 rings (SSSR count). The van der Waals surface area contributed by atoms with Crippen LogP contribution in [0.1, 0.15) is 30.5 Å². The highest BCUT2D eigenvalue weighted by Gasteiger charge is 2.36. The number of halogens is 1. The molecule has 2 aromatic carbocycles. The number of hydrogen-bond donors (Lipinski definition) is 1. The fourth-order valence-electron chi connectivity index (χ4n) is 3.16. The van der Waals surface area contributed by atoms with Crippen molar-refractivity contribution in [1.82, 2.24) is 5.32 Å². The fourth-order valence-corrected chi connectivity index (χ4v) is 3.33. The summed E-state index contributed by atoms with van der Waals surface area (Å²) in [5.74, 6) is -0.484. The van der Waals surface area contributed by atoms with Gasteiger partial charge in [0.15, 0.2) is 0 Å². The third-order valence-corrected chi connectivity index (χ3v) is 5.09. The van der Waals surface area contributed by atoms with Crippen molar-refractivity contribution < 1.29 is 9.59 Å². The zero-order chi connectivity index (χ0) is 18.0. The van der Waals surface area contributed by atoms with Gasteiger partial charge < -0.3 is 10.2 Å². The van der Waals surface area contributed by atoms with Gasteiger partial charge in [0.05, 0.1) is 12.0 Å². The Bertz CT molecular complexity index is 792. The maximum absolute atomic E-state index is 12.6. The first-order valence-corrected chi connectivity index (χ1v) is 8.76. The quantitative estimate of drug-likeness (QED) is 0.903. The highest BCUT2D eigenvalue weighted by molar-refractivity contribution is 6.31. The van der Waals surface area contributed by atoms with E-state index in [1.807, 2.05) is 56.3 Å². The van der Waals surface area contributed by atoms with Crippen molar-refractivity contribution in [2.45, 2.75) is 26.3 Å². The van der Waals surface area contributed by atoms with E-state index in [-0.39, 0.29) is 30.2 Å². The van der Waals surface area contributed by atoms with E-state index >= 15 is 0 Å².